The van der Waals surface area contributed by atoms with Gasteiger partial charge in [0.15, 0.2) is 0 Å². The van der Waals surface area contributed by atoms with Gasteiger partial charge in [-0.2, -0.15) is 0 Å². The molecule has 2 N–H and O–H groups in total. The van der Waals surface area contributed by atoms with E-state index in [4.69, 9.17) is 9.47 Å². The van der Waals surface area contributed by atoms with Crippen LogP contribution in [-0.4, -0.2) is 25.1 Å². The molecule has 1 aromatic heterocycles. The van der Waals surface area contributed by atoms with Gasteiger partial charge < -0.3 is 19.8 Å². The molecule has 0 spiro atoms. The quantitative estimate of drug-likeness (QED) is 0.771. The van der Waals surface area contributed by atoms with Crippen molar-refractivity contribution in [2.45, 2.75) is 6.92 Å². The second kappa shape index (κ2) is 6.04. The van der Waals surface area contributed by atoms with Crippen molar-refractivity contribution >= 4 is 22.5 Å². The number of hydrogen-bond donors (Lipinski definition) is 2. The van der Waals surface area contributed by atoms with Crippen molar-refractivity contribution in [3.05, 3.63) is 53.7 Å². The Morgan fingerprint density at radius 2 is 1.78 bits per heavy atom. The largest absolute Gasteiger partial charge is 0.496 e. The Hall–Kier alpha value is -2.95. The van der Waals surface area contributed by atoms with Gasteiger partial charge in [-0.15, -0.1) is 0 Å². The molecule has 5 nitrogen and oxygen atoms in total. The Bertz CT molecular complexity index is 846. The van der Waals surface area contributed by atoms with E-state index in [1.165, 1.54) is 14.2 Å². The number of fused-ring (bicyclic) bond motifs is 1. The molecule has 3 rings (SSSR count). The first kappa shape index (κ1) is 15.0. The smallest absolute Gasteiger partial charge is 0.263 e. The van der Waals surface area contributed by atoms with E-state index in [9.17, 15) is 4.79 Å². The summed E-state index contributed by atoms with van der Waals surface area (Å²) >= 11 is 0. The van der Waals surface area contributed by atoms with Gasteiger partial charge in [0.2, 0.25) is 0 Å². The van der Waals surface area contributed by atoms with Crippen LogP contribution in [0.1, 0.15) is 15.9 Å². The van der Waals surface area contributed by atoms with Crippen molar-refractivity contribution in [3.8, 4) is 11.5 Å². The van der Waals surface area contributed by atoms with Gasteiger partial charge in [-0.1, -0.05) is 6.07 Å². The zero-order chi connectivity index (χ0) is 16.4. The first-order chi connectivity index (χ1) is 11.1. The van der Waals surface area contributed by atoms with Crippen molar-refractivity contribution in [1.29, 1.82) is 0 Å². The monoisotopic (exact) mass is 310 g/mol. The molecule has 1 amide bonds. The summed E-state index contributed by atoms with van der Waals surface area (Å²) in [6.45, 7) is 1.96. The number of aromatic amines is 1. The highest BCUT2D eigenvalue weighted by Crippen LogP contribution is 2.30. The van der Waals surface area contributed by atoms with Crippen LogP contribution in [0.5, 0.6) is 11.5 Å². The normalized spacial score (nSPS) is 10.6. The molecule has 23 heavy (non-hydrogen) atoms. The lowest BCUT2D eigenvalue weighted by molar-refractivity contribution is 0.102. The summed E-state index contributed by atoms with van der Waals surface area (Å²) in [7, 11) is 3.06. The number of H-pyrrole nitrogens is 1. The molecule has 0 atom stereocenters. The molecule has 0 aliphatic heterocycles. The number of ether oxygens (including phenoxy) is 2. The summed E-state index contributed by atoms with van der Waals surface area (Å²) < 4.78 is 10.6. The van der Waals surface area contributed by atoms with Crippen molar-refractivity contribution in [3.63, 3.8) is 0 Å². The van der Waals surface area contributed by atoms with E-state index in [2.05, 4.69) is 10.3 Å². The zero-order valence-electron chi connectivity index (χ0n) is 13.3. The first-order valence-electron chi connectivity index (χ1n) is 7.24. The van der Waals surface area contributed by atoms with Gasteiger partial charge in [-0.05, 0) is 48.2 Å². The minimum Gasteiger partial charge on any atom is -0.496 e. The Kier molecular flexibility index (Phi) is 3.93. The van der Waals surface area contributed by atoms with Gasteiger partial charge in [0, 0.05) is 17.4 Å². The van der Waals surface area contributed by atoms with Crippen LogP contribution in [0.4, 0.5) is 5.69 Å². The van der Waals surface area contributed by atoms with Crippen LogP contribution in [0.3, 0.4) is 0 Å². The Labute approximate surface area is 134 Å². The zero-order valence-corrected chi connectivity index (χ0v) is 13.3. The van der Waals surface area contributed by atoms with E-state index in [0.717, 1.165) is 22.2 Å². The average Bonchev–Trinajstić information content (AvgIpc) is 3.01. The van der Waals surface area contributed by atoms with Crippen LogP contribution in [-0.2, 0) is 0 Å². The van der Waals surface area contributed by atoms with Gasteiger partial charge in [0.05, 0.1) is 14.2 Å². The van der Waals surface area contributed by atoms with Crippen molar-refractivity contribution in [1.82, 2.24) is 4.98 Å². The van der Waals surface area contributed by atoms with E-state index in [1.807, 2.05) is 31.3 Å². The summed E-state index contributed by atoms with van der Waals surface area (Å²) in [5, 5.41) is 4.05. The predicted molar refractivity (Wildman–Crippen MR) is 90.5 cm³/mol. The Balaban J connectivity index is 1.99. The summed E-state index contributed by atoms with van der Waals surface area (Å²) in [6, 6.07) is 11.2. The van der Waals surface area contributed by atoms with Crippen LogP contribution >= 0.6 is 0 Å². The molecule has 1 heterocycles. The summed E-state index contributed by atoms with van der Waals surface area (Å²) in [5.74, 6) is 0.675. The number of benzene rings is 2. The lowest BCUT2D eigenvalue weighted by atomic mass is 10.1. The van der Waals surface area contributed by atoms with Gasteiger partial charge in [-0.25, -0.2) is 0 Å². The van der Waals surface area contributed by atoms with Crippen LogP contribution in [0.25, 0.3) is 10.9 Å². The number of aromatic nitrogens is 1. The van der Waals surface area contributed by atoms with E-state index < -0.39 is 0 Å². The minimum atomic E-state index is -0.270. The van der Waals surface area contributed by atoms with Gasteiger partial charge >= 0.3 is 0 Å². The minimum absolute atomic E-state index is 0.270. The third-order valence-corrected chi connectivity index (χ3v) is 3.80. The molecule has 5 heteroatoms. The number of aryl methyl sites for hydroxylation is 1. The number of rotatable bonds is 4. The van der Waals surface area contributed by atoms with Crippen LogP contribution < -0.4 is 14.8 Å². The van der Waals surface area contributed by atoms with Crippen molar-refractivity contribution in [2.75, 3.05) is 19.5 Å². The third-order valence-electron chi connectivity index (χ3n) is 3.80. The summed E-state index contributed by atoms with van der Waals surface area (Å²) in [6.07, 6.45) is 1.87. The number of carbonyl (C=O) groups excluding carboxylic acids is 1. The van der Waals surface area contributed by atoms with Crippen LogP contribution in [0, 0.1) is 6.92 Å². The fourth-order valence-corrected chi connectivity index (χ4v) is 2.61. The molecule has 0 radical (unpaired) electrons. The van der Waals surface area contributed by atoms with Crippen LogP contribution in [0.2, 0.25) is 0 Å². The maximum Gasteiger partial charge on any atom is 0.263 e. The molecular weight excluding hydrogens is 292 g/mol. The van der Waals surface area contributed by atoms with Crippen molar-refractivity contribution in [2.24, 2.45) is 0 Å². The van der Waals surface area contributed by atoms with Gasteiger partial charge in [-0.3, -0.25) is 4.79 Å². The number of amides is 1. The van der Waals surface area contributed by atoms with E-state index in [0.29, 0.717) is 17.1 Å². The van der Waals surface area contributed by atoms with E-state index in [1.54, 1.807) is 18.2 Å². The SMILES string of the molecule is COc1cccc(OC)c1C(=O)Nc1cc2[nH]ccc2cc1C. The average molecular weight is 310 g/mol. The second-order valence-electron chi connectivity index (χ2n) is 5.22. The predicted octanol–water partition coefficient (Wildman–Crippen LogP) is 3.75. The third kappa shape index (κ3) is 2.73. The van der Waals surface area contributed by atoms with Gasteiger partial charge in [0.25, 0.3) is 5.91 Å². The second-order valence-corrected chi connectivity index (χ2v) is 5.22. The summed E-state index contributed by atoms with van der Waals surface area (Å²) in [4.78, 5) is 15.9. The standard InChI is InChI=1S/C18H18N2O3/c1-11-9-12-7-8-19-14(12)10-13(11)20-18(21)17-15(22-2)5-4-6-16(17)23-3/h4-10,19H,1-3H3,(H,20,21). The highest BCUT2D eigenvalue weighted by Gasteiger charge is 2.19. The number of methoxy groups -OCH3 is 2. The molecule has 3 aromatic rings. The molecule has 118 valence electrons. The molecule has 0 aliphatic rings. The highest BCUT2D eigenvalue weighted by molar-refractivity contribution is 6.09. The maximum atomic E-state index is 12.7. The lowest BCUT2D eigenvalue weighted by Gasteiger charge is -2.14. The number of anilines is 1. The van der Waals surface area contributed by atoms with Gasteiger partial charge in [0.1, 0.15) is 17.1 Å². The highest BCUT2D eigenvalue weighted by atomic mass is 16.5. The topological polar surface area (TPSA) is 63.4 Å². The molecule has 2 aromatic carbocycles. The number of nitrogens with one attached hydrogen (secondary N) is 2. The van der Waals surface area contributed by atoms with Crippen LogP contribution in [0.15, 0.2) is 42.6 Å². The maximum absolute atomic E-state index is 12.7. The lowest BCUT2D eigenvalue weighted by Crippen LogP contribution is -2.15. The molecular formula is C18H18N2O3. The first-order valence-corrected chi connectivity index (χ1v) is 7.24. The number of hydrogen-bond acceptors (Lipinski definition) is 3. The number of carbonyl (C=O) groups is 1. The molecule has 0 bridgehead atoms. The Morgan fingerprint density at radius 3 is 2.43 bits per heavy atom. The van der Waals surface area contributed by atoms with E-state index >= 15 is 0 Å². The molecule has 0 saturated carbocycles. The molecule has 0 unspecified atom stereocenters. The molecule has 0 fully saturated rings. The Morgan fingerprint density at radius 1 is 1.09 bits per heavy atom. The van der Waals surface area contributed by atoms with Crippen molar-refractivity contribution < 1.29 is 14.3 Å². The summed E-state index contributed by atoms with van der Waals surface area (Å²) in [5.41, 5.74) is 3.08. The molecule has 0 aliphatic carbocycles. The van der Waals surface area contributed by atoms with E-state index in [-0.39, 0.29) is 5.91 Å². The molecule has 0 saturated heterocycles. The fraction of sp³-hybridized carbons (Fsp3) is 0.167. The fourth-order valence-electron chi connectivity index (χ4n) is 2.61.